The van der Waals surface area contributed by atoms with E-state index in [0.29, 0.717) is 0 Å². The van der Waals surface area contributed by atoms with Gasteiger partial charge in [-0.3, -0.25) is 4.68 Å². The average molecular weight is 244 g/mol. The summed E-state index contributed by atoms with van der Waals surface area (Å²) in [4.78, 5) is 0. The van der Waals surface area contributed by atoms with E-state index in [1.165, 1.54) is 5.69 Å². The molecule has 0 spiro atoms. The van der Waals surface area contributed by atoms with E-state index >= 15 is 0 Å². The van der Waals surface area contributed by atoms with Gasteiger partial charge in [0.25, 0.3) is 0 Å². The Kier molecular flexibility index (Phi) is 4.53. The van der Waals surface area contributed by atoms with E-state index in [4.69, 9.17) is 0 Å². The molecule has 18 heavy (non-hydrogen) atoms. The van der Waals surface area contributed by atoms with Crippen molar-refractivity contribution in [2.45, 2.75) is 38.8 Å². The van der Waals surface area contributed by atoms with E-state index in [-0.39, 0.29) is 0 Å². The molecule has 0 aliphatic carbocycles. The van der Waals surface area contributed by atoms with Gasteiger partial charge in [-0.15, -0.1) is 0 Å². The first-order chi connectivity index (χ1) is 8.81. The van der Waals surface area contributed by atoms with Gasteiger partial charge in [-0.1, -0.05) is 37.3 Å². The first-order valence-electron chi connectivity index (χ1n) is 6.55. The van der Waals surface area contributed by atoms with Gasteiger partial charge in [-0.25, -0.2) is 0 Å². The molecule has 1 aromatic carbocycles. The summed E-state index contributed by atoms with van der Waals surface area (Å²) >= 11 is 0. The molecule has 1 unspecified atom stereocenters. The Hall–Kier alpha value is -1.61. The lowest BCUT2D eigenvalue weighted by atomic mass is 10.0. The molecule has 0 aliphatic rings. The van der Waals surface area contributed by atoms with E-state index in [9.17, 15) is 5.11 Å². The molecule has 0 radical (unpaired) electrons. The van der Waals surface area contributed by atoms with Crippen LogP contribution in [0.3, 0.4) is 0 Å². The zero-order chi connectivity index (χ0) is 12.8. The molecule has 1 heterocycles. The molecule has 3 nitrogen and oxygen atoms in total. The lowest BCUT2D eigenvalue weighted by Gasteiger charge is -2.11. The maximum absolute atomic E-state index is 10.1. The number of aromatic nitrogens is 2. The summed E-state index contributed by atoms with van der Waals surface area (Å²) in [7, 11) is 0. The summed E-state index contributed by atoms with van der Waals surface area (Å²) < 4.78 is 2.03. The van der Waals surface area contributed by atoms with Crippen LogP contribution in [0.15, 0.2) is 42.6 Å². The standard InChI is InChI=1S/C15H20N2O/c1-2-12-17-14(10-11-16-17)8-9-15(18)13-6-4-3-5-7-13/h3-7,10-11,15,18H,2,8-9,12H2,1H3. The van der Waals surface area contributed by atoms with Gasteiger partial charge in [-0.05, 0) is 30.9 Å². The molecule has 2 aromatic rings. The summed E-state index contributed by atoms with van der Waals surface area (Å²) in [6.07, 6.45) is 4.11. The van der Waals surface area contributed by atoms with Crippen molar-refractivity contribution in [1.29, 1.82) is 0 Å². The lowest BCUT2D eigenvalue weighted by molar-refractivity contribution is 0.167. The third-order valence-electron chi connectivity index (χ3n) is 3.10. The van der Waals surface area contributed by atoms with Crippen molar-refractivity contribution in [3.8, 4) is 0 Å². The summed E-state index contributed by atoms with van der Waals surface area (Å²) in [5, 5.41) is 14.4. The van der Waals surface area contributed by atoms with Crippen LogP contribution < -0.4 is 0 Å². The molecule has 0 bridgehead atoms. The number of benzene rings is 1. The monoisotopic (exact) mass is 244 g/mol. The van der Waals surface area contributed by atoms with Crippen LogP contribution in [-0.4, -0.2) is 14.9 Å². The van der Waals surface area contributed by atoms with Crippen molar-refractivity contribution in [2.75, 3.05) is 0 Å². The molecule has 1 N–H and O–H groups in total. The second kappa shape index (κ2) is 6.36. The lowest BCUT2D eigenvalue weighted by Crippen LogP contribution is -2.06. The molecule has 0 aliphatic heterocycles. The molecule has 1 aromatic heterocycles. The largest absolute Gasteiger partial charge is 0.388 e. The Bertz CT molecular complexity index is 464. The van der Waals surface area contributed by atoms with Crippen LogP contribution in [0.1, 0.15) is 37.1 Å². The Morgan fingerprint density at radius 1 is 1.22 bits per heavy atom. The Morgan fingerprint density at radius 3 is 2.72 bits per heavy atom. The minimum absolute atomic E-state index is 0.392. The third kappa shape index (κ3) is 3.20. The van der Waals surface area contributed by atoms with Crippen LogP contribution in [-0.2, 0) is 13.0 Å². The average Bonchev–Trinajstić information content (AvgIpc) is 2.85. The van der Waals surface area contributed by atoms with Gasteiger partial charge in [0.2, 0.25) is 0 Å². The van der Waals surface area contributed by atoms with E-state index in [0.717, 1.165) is 31.4 Å². The SMILES string of the molecule is CCCn1nccc1CCC(O)c1ccccc1. The van der Waals surface area contributed by atoms with Gasteiger partial charge in [0.15, 0.2) is 0 Å². The highest BCUT2D eigenvalue weighted by Crippen LogP contribution is 2.18. The van der Waals surface area contributed by atoms with Crippen LogP contribution in [0.25, 0.3) is 0 Å². The fourth-order valence-electron chi connectivity index (χ4n) is 2.11. The first-order valence-corrected chi connectivity index (χ1v) is 6.55. The fraction of sp³-hybridized carbons (Fsp3) is 0.400. The van der Waals surface area contributed by atoms with Gasteiger partial charge in [0.05, 0.1) is 6.10 Å². The van der Waals surface area contributed by atoms with E-state index in [1.807, 2.05) is 47.3 Å². The Balaban J connectivity index is 1.93. The summed E-state index contributed by atoms with van der Waals surface area (Å²) in [6.45, 7) is 3.09. The van der Waals surface area contributed by atoms with Crippen LogP contribution in [0.5, 0.6) is 0 Å². The zero-order valence-electron chi connectivity index (χ0n) is 10.8. The number of nitrogens with zero attached hydrogens (tertiary/aromatic N) is 2. The number of aliphatic hydroxyl groups is 1. The smallest absolute Gasteiger partial charge is 0.0793 e. The van der Waals surface area contributed by atoms with Gasteiger partial charge in [0.1, 0.15) is 0 Å². The second-order valence-electron chi connectivity index (χ2n) is 4.51. The first kappa shape index (κ1) is 12.8. The maximum atomic E-state index is 10.1. The predicted molar refractivity (Wildman–Crippen MR) is 72.2 cm³/mol. The summed E-state index contributed by atoms with van der Waals surface area (Å²) in [5.74, 6) is 0. The van der Waals surface area contributed by atoms with E-state index in [2.05, 4.69) is 12.0 Å². The van der Waals surface area contributed by atoms with E-state index < -0.39 is 6.10 Å². The third-order valence-corrected chi connectivity index (χ3v) is 3.10. The van der Waals surface area contributed by atoms with Crippen LogP contribution in [0.2, 0.25) is 0 Å². The van der Waals surface area contributed by atoms with Crippen LogP contribution in [0.4, 0.5) is 0 Å². The van der Waals surface area contributed by atoms with Gasteiger partial charge >= 0.3 is 0 Å². The molecular weight excluding hydrogens is 224 g/mol. The minimum atomic E-state index is -0.392. The fourth-order valence-corrected chi connectivity index (χ4v) is 2.11. The van der Waals surface area contributed by atoms with Crippen molar-refractivity contribution in [2.24, 2.45) is 0 Å². The molecular formula is C15H20N2O. The van der Waals surface area contributed by atoms with Gasteiger partial charge < -0.3 is 5.11 Å². The molecule has 96 valence electrons. The van der Waals surface area contributed by atoms with Crippen molar-refractivity contribution in [3.05, 3.63) is 53.9 Å². The highest BCUT2D eigenvalue weighted by Gasteiger charge is 2.09. The summed E-state index contributed by atoms with van der Waals surface area (Å²) in [6, 6.07) is 11.8. The maximum Gasteiger partial charge on any atom is 0.0793 e. The number of aryl methyl sites for hydroxylation is 2. The topological polar surface area (TPSA) is 38.0 Å². The van der Waals surface area contributed by atoms with Crippen LogP contribution in [0, 0.1) is 0 Å². The normalized spacial score (nSPS) is 12.6. The number of aliphatic hydroxyl groups excluding tert-OH is 1. The molecule has 0 saturated heterocycles. The number of hydrogen-bond donors (Lipinski definition) is 1. The number of rotatable bonds is 6. The molecule has 0 amide bonds. The molecule has 3 heteroatoms. The quantitative estimate of drug-likeness (QED) is 0.848. The Morgan fingerprint density at radius 2 is 2.00 bits per heavy atom. The van der Waals surface area contributed by atoms with Crippen molar-refractivity contribution in [3.63, 3.8) is 0 Å². The van der Waals surface area contributed by atoms with E-state index in [1.54, 1.807) is 0 Å². The minimum Gasteiger partial charge on any atom is -0.388 e. The van der Waals surface area contributed by atoms with Crippen molar-refractivity contribution < 1.29 is 5.11 Å². The number of hydrogen-bond acceptors (Lipinski definition) is 2. The predicted octanol–water partition coefficient (Wildman–Crippen LogP) is 2.96. The summed E-state index contributed by atoms with van der Waals surface area (Å²) in [5.41, 5.74) is 2.19. The molecule has 2 rings (SSSR count). The molecule has 0 fully saturated rings. The van der Waals surface area contributed by atoms with Crippen LogP contribution >= 0.6 is 0 Å². The van der Waals surface area contributed by atoms with Gasteiger partial charge in [0, 0.05) is 18.4 Å². The molecule has 1 atom stereocenters. The highest BCUT2D eigenvalue weighted by molar-refractivity contribution is 5.17. The molecule has 0 saturated carbocycles. The Labute approximate surface area is 108 Å². The second-order valence-corrected chi connectivity index (χ2v) is 4.51. The van der Waals surface area contributed by atoms with Crippen molar-refractivity contribution in [1.82, 2.24) is 9.78 Å². The van der Waals surface area contributed by atoms with Crippen molar-refractivity contribution >= 4 is 0 Å². The zero-order valence-corrected chi connectivity index (χ0v) is 10.8. The van der Waals surface area contributed by atoms with Gasteiger partial charge in [-0.2, -0.15) is 5.10 Å². The highest BCUT2D eigenvalue weighted by atomic mass is 16.3.